The summed E-state index contributed by atoms with van der Waals surface area (Å²) in [6, 6.07) is 3.97. The fourth-order valence-electron chi connectivity index (χ4n) is 1.15. The van der Waals surface area contributed by atoms with Gasteiger partial charge in [0.2, 0.25) is 0 Å². The average molecular weight is 356 g/mol. The van der Waals surface area contributed by atoms with Gasteiger partial charge in [0.1, 0.15) is 5.75 Å². The maximum absolute atomic E-state index is 5.77. The van der Waals surface area contributed by atoms with Crippen molar-refractivity contribution in [3.05, 3.63) is 26.6 Å². The lowest BCUT2D eigenvalue weighted by Gasteiger charge is -2.11. The number of hydrogen-bond acceptors (Lipinski definition) is 1. The number of halogens is 3. The van der Waals surface area contributed by atoms with Gasteiger partial charge in [0, 0.05) is 5.88 Å². The summed E-state index contributed by atoms with van der Waals surface area (Å²) in [5.41, 5.74) is 1.07. The van der Waals surface area contributed by atoms with Gasteiger partial charge >= 0.3 is 0 Å². The van der Waals surface area contributed by atoms with Crippen LogP contribution in [-0.4, -0.2) is 6.61 Å². The third kappa shape index (κ3) is 3.97. The van der Waals surface area contributed by atoms with Crippen LogP contribution in [0.1, 0.15) is 25.3 Å². The molecule has 0 aliphatic carbocycles. The van der Waals surface area contributed by atoms with E-state index < -0.39 is 0 Å². The highest BCUT2D eigenvalue weighted by molar-refractivity contribution is 9.11. The molecule has 0 bridgehead atoms. The van der Waals surface area contributed by atoms with E-state index >= 15 is 0 Å². The Morgan fingerprint density at radius 3 is 2.33 bits per heavy atom. The highest BCUT2D eigenvalue weighted by Crippen LogP contribution is 2.35. The molecule has 0 unspecified atom stereocenters. The quantitative estimate of drug-likeness (QED) is 0.525. The van der Waals surface area contributed by atoms with Crippen LogP contribution in [0.15, 0.2) is 21.1 Å². The fraction of sp³-hybridized carbons (Fsp3) is 0.455. The number of benzene rings is 1. The van der Waals surface area contributed by atoms with E-state index in [1.54, 1.807) is 0 Å². The first-order valence-corrected chi connectivity index (χ1v) is 6.97. The van der Waals surface area contributed by atoms with Crippen LogP contribution in [0.5, 0.6) is 5.75 Å². The molecule has 1 aromatic rings. The van der Waals surface area contributed by atoms with Crippen LogP contribution in [0, 0.1) is 0 Å². The molecular weight excluding hydrogens is 343 g/mol. The molecule has 1 nitrogen and oxygen atoms in total. The number of alkyl halides is 1. The Balaban J connectivity index is 2.79. The number of ether oxygens (including phenoxy) is 1. The van der Waals surface area contributed by atoms with E-state index in [4.69, 9.17) is 16.3 Å². The Labute approximate surface area is 112 Å². The van der Waals surface area contributed by atoms with Crippen molar-refractivity contribution in [1.82, 2.24) is 0 Å². The molecule has 0 fully saturated rings. The highest BCUT2D eigenvalue weighted by atomic mass is 79.9. The van der Waals surface area contributed by atoms with Crippen LogP contribution in [0.3, 0.4) is 0 Å². The lowest BCUT2D eigenvalue weighted by molar-refractivity contribution is 0.305. The van der Waals surface area contributed by atoms with Gasteiger partial charge in [0.15, 0.2) is 0 Å². The predicted octanol–water partition coefficient (Wildman–Crippen LogP) is 5.13. The predicted molar refractivity (Wildman–Crippen MR) is 71.8 cm³/mol. The Hall–Kier alpha value is 0.270. The van der Waals surface area contributed by atoms with Crippen LogP contribution in [0.2, 0.25) is 0 Å². The molecule has 4 heteroatoms. The molecule has 0 spiro atoms. The first kappa shape index (κ1) is 13.3. The fourth-order valence-corrected chi connectivity index (χ4v) is 2.81. The normalized spacial score (nSPS) is 10.4. The minimum atomic E-state index is 0.506. The molecular formula is C11H13Br2ClO. The SMILES string of the molecule is CCCCOc1c(Br)cc(CCl)cc1Br. The number of unbranched alkanes of at least 4 members (excludes halogenated alkanes) is 1. The van der Waals surface area contributed by atoms with E-state index in [1.807, 2.05) is 12.1 Å². The lowest BCUT2D eigenvalue weighted by Crippen LogP contribution is -1.98. The van der Waals surface area contributed by atoms with Crippen molar-refractivity contribution in [3.8, 4) is 5.75 Å². The van der Waals surface area contributed by atoms with Crippen molar-refractivity contribution < 1.29 is 4.74 Å². The third-order valence-corrected chi connectivity index (χ3v) is 3.44. The molecule has 15 heavy (non-hydrogen) atoms. The molecule has 0 aliphatic heterocycles. The van der Waals surface area contributed by atoms with Crippen molar-refractivity contribution >= 4 is 43.5 Å². The Morgan fingerprint density at radius 1 is 1.27 bits per heavy atom. The second-order valence-electron chi connectivity index (χ2n) is 3.22. The number of rotatable bonds is 5. The maximum Gasteiger partial charge on any atom is 0.147 e. The van der Waals surface area contributed by atoms with E-state index in [1.165, 1.54) is 0 Å². The summed E-state index contributed by atoms with van der Waals surface area (Å²) < 4.78 is 7.57. The molecule has 0 saturated heterocycles. The van der Waals surface area contributed by atoms with E-state index in [0.717, 1.165) is 39.7 Å². The summed E-state index contributed by atoms with van der Waals surface area (Å²) in [6.07, 6.45) is 2.20. The van der Waals surface area contributed by atoms with Gasteiger partial charge in [-0.25, -0.2) is 0 Å². The highest BCUT2D eigenvalue weighted by Gasteiger charge is 2.08. The van der Waals surface area contributed by atoms with Gasteiger partial charge in [0.05, 0.1) is 15.6 Å². The minimum Gasteiger partial charge on any atom is -0.491 e. The largest absolute Gasteiger partial charge is 0.491 e. The molecule has 84 valence electrons. The van der Waals surface area contributed by atoms with Gasteiger partial charge in [-0.1, -0.05) is 13.3 Å². The van der Waals surface area contributed by atoms with Gasteiger partial charge in [-0.2, -0.15) is 0 Å². The number of hydrogen-bond donors (Lipinski definition) is 0. The van der Waals surface area contributed by atoms with Crippen LogP contribution in [0.4, 0.5) is 0 Å². The van der Waals surface area contributed by atoms with Gasteiger partial charge < -0.3 is 4.74 Å². The summed E-state index contributed by atoms with van der Waals surface area (Å²) >= 11 is 12.7. The molecule has 0 N–H and O–H groups in total. The first-order valence-electron chi connectivity index (χ1n) is 4.85. The van der Waals surface area contributed by atoms with Gasteiger partial charge in [-0.05, 0) is 56.0 Å². The lowest BCUT2D eigenvalue weighted by atomic mass is 10.2. The van der Waals surface area contributed by atoms with Crippen LogP contribution >= 0.6 is 43.5 Å². The van der Waals surface area contributed by atoms with Gasteiger partial charge in [-0.15, -0.1) is 11.6 Å². The van der Waals surface area contributed by atoms with Crippen molar-refractivity contribution in [2.24, 2.45) is 0 Å². The van der Waals surface area contributed by atoms with Crippen LogP contribution in [0.25, 0.3) is 0 Å². The molecule has 1 rings (SSSR count). The smallest absolute Gasteiger partial charge is 0.147 e. The zero-order valence-electron chi connectivity index (χ0n) is 8.53. The second-order valence-corrected chi connectivity index (χ2v) is 5.20. The summed E-state index contributed by atoms with van der Waals surface area (Å²) in [5, 5.41) is 0. The topological polar surface area (TPSA) is 9.23 Å². The standard InChI is InChI=1S/C11H13Br2ClO/c1-2-3-4-15-11-9(12)5-8(7-14)6-10(11)13/h5-6H,2-4,7H2,1H3. The summed E-state index contributed by atoms with van der Waals surface area (Å²) in [6.45, 7) is 2.89. The molecule has 0 radical (unpaired) electrons. The van der Waals surface area contributed by atoms with Gasteiger partial charge in [-0.3, -0.25) is 0 Å². The van der Waals surface area contributed by atoms with E-state index in [9.17, 15) is 0 Å². The molecule has 0 atom stereocenters. The van der Waals surface area contributed by atoms with Crippen molar-refractivity contribution in [2.75, 3.05) is 6.61 Å². The van der Waals surface area contributed by atoms with Crippen LogP contribution < -0.4 is 4.74 Å². The summed E-state index contributed by atoms with van der Waals surface area (Å²) in [5.74, 6) is 1.37. The van der Waals surface area contributed by atoms with E-state index in [-0.39, 0.29) is 0 Å². The molecule has 0 saturated carbocycles. The monoisotopic (exact) mass is 354 g/mol. The Kier molecular flexibility index (Phi) is 6.02. The molecule has 0 aliphatic rings. The summed E-state index contributed by atoms with van der Waals surface area (Å²) in [4.78, 5) is 0. The van der Waals surface area contributed by atoms with Crippen molar-refractivity contribution in [1.29, 1.82) is 0 Å². The van der Waals surface area contributed by atoms with E-state index in [2.05, 4.69) is 38.8 Å². The summed E-state index contributed by atoms with van der Waals surface area (Å²) in [7, 11) is 0. The molecule has 1 aromatic carbocycles. The van der Waals surface area contributed by atoms with Gasteiger partial charge in [0.25, 0.3) is 0 Å². The second kappa shape index (κ2) is 6.77. The third-order valence-electron chi connectivity index (χ3n) is 1.96. The Bertz CT molecular complexity index is 305. The molecule has 0 amide bonds. The maximum atomic E-state index is 5.77. The molecule has 0 heterocycles. The Morgan fingerprint density at radius 2 is 1.87 bits per heavy atom. The molecule has 0 aromatic heterocycles. The minimum absolute atomic E-state index is 0.506. The van der Waals surface area contributed by atoms with E-state index in [0.29, 0.717) is 5.88 Å². The zero-order chi connectivity index (χ0) is 11.3. The van der Waals surface area contributed by atoms with Crippen molar-refractivity contribution in [3.63, 3.8) is 0 Å². The van der Waals surface area contributed by atoms with Crippen molar-refractivity contribution in [2.45, 2.75) is 25.6 Å². The zero-order valence-corrected chi connectivity index (χ0v) is 12.5. The first-order chi connectivity index (χ1) is 7.19. The average Bonchev–Trinajstić information content (AvgIpc) is 2.22. The van der Waals surface area contributed by atoms with Crippen LogP contribution in [-0.2, 0) is 5.88 Å².